The van der Waals surface area contributed by atoms with Gasteiger partial charge in [0.25, 0.3) is 0 Å². The van der Waals surface area contributed by atoms with Gasteiger partial charge in [-0.25, -0.2) is 9.78 Å². The van der Waals surface area contributed by atoms with E-state index in [1.54, 1.807) is 18.5 Å². The molecule has 0 atom stereocenters. The van der Waals surface area contributed by atoms with Crippen molar-refractivity contribution in [2.75, 3.05) is 0 Å². The first-order chi connectivity index (χ1) is 7.18. The highest BCUT2D eigenvalue weighted by Crippen LogP contribution is 2.22. The summed E-state index contributed by atoms with van der Waals surface area (Å²) in [7, 11) is 0. The summed E-state index contributed by atoms with van der Waals surface area (Å²) in [5.74, 6) is -0.978. The van der Waals surface area contributed by atoms with Gasteiger partial charge in [0.2, 0.25) is 0 Å². The minimum Gasteiger partial charge on any atom is -0.478 e. The highest BCUT2D eigenvalue weighted by atomic mass is 32.1. The first kappa shape index (κ1) is 9.79. The summed E-state index contributed by atoms with van der Waals surface area (Å²) in [5.41, 5.74) is 2.29. The van der Waals surface area contributed by atoms with Crippen molar-refractivity contribution in [3.8, 4) is 0 Å². The van der Waals surface area contributed by atoms with Gasteiger partial charge >= 0.3 is 5.97 Å². The molecule has 1 aromatic heterocycles. The van der Waals surface area contributed by atoms with E-state index in [1.807, 2.05) is 0 Å². The van der Waals surface area contributed by atoms with Crippen molar-refractivity contribution in [1.82, 2.24) is 9.97 Å². The number of imidazole rings is 1. The number of carboxylic acid groups (broad SMARTS) is 1. The van der Waals surface area contributed by atoms with Crippen LogP contribution < -0.4 is 0 Å². The monoisotopic (exact) mass is 220 g/mol. The molecule has 76 valence electrons. The average molecular weight is 220 g/mol. The molecular weight excluding hydrogens is 212 g/mol. The SMILES string of the molecule is O=C(O)C=Cc1ccc(S)c2[nH]cnc12. The normalized spacial score (nSPS) is 11.3. The Bertz CT molecular complexity index is 545. The van der Waals surface area contributed by atoms with Crippen molar-refractivity contribution in [3.05, 3.63) is 30.1 Å². The lowest BCUT2D eigenvalue weighted by Crippen LogP contribution is -1.86. The lowest BCUT2D eigenvalue weighted by molar-refractivity contribution is -0.131. The van der Waals surface area contributed by atoms with Gasteiger partial charge in [-0.3, -0.25) is 0 Å². The minimum atomic E-state index is -0.978. The van der Waals surface area contributed by atoms with E-state index in [4.69, 9.17) is 5.11 Å². The highest BCUT2D eigenvalue weighted by molar-refractivity contribution is 7.80. The molecule has 0 aliphatic carbocycles. The largest absolute Gasteiger partial charge is 0.478 e. The van der Waals surface area contributed by atoms with Crippen LogP contribution in [0, 0.1) is 0 Å². The third kappa shape index (κ3) is 1.87. The number of carboxylic acids is 1. The van der Waals surface area contributed by atoms with Gasteiger partial charge < -0.3 is 10.1 Å². The van der Waals surface area contributed by atoms with Crippen molar-refractivity contribution >= 4 is 35.7 Å². The molecular formula is C10H8N2O2S. The Morgan fingerprint density at radius 1 is 1.53 bits per heavy atom. The van der Waals surface area contributed by atoms with Gasteiger partial charge in [-0.2, -0.15) is 0 Å². The van der Waals surface area contributed by atoms with Gasteiger partial charge in [-0.1, -0.05) is 6.07 Å². The summed E-state index contributed by atoms with van der Waals surface area (Å²) in [5, 5.41) is 8.52. The fourth-order valence-electron chi connectivity index (χ4n) is 1.33. The predicted octanol–water partition coefficient (Wildman–Crippen LogP) is 1.95. The van der Waals surface area contributed by atoms with Gasteiger partial charge in [-0.15, -0.1) is 12.6 Å². The number of fused-ring (bicyclic) bond motifs is 1. The van der Waals surface area contributed by atoms with E-state index in [0.717, 1.165) is 27.6 Å². The van der Waals surface area contributed by atoms with Crippen molar-refractivity contribution in [2.24, 2.45) is 0 Å². The number of benzene rings is 1. The number of rotatable bonds is 2. The molecule has 0 aliphatic heterocycles. The summed E-state index contributed by atoms with van der Waals surface area (Å²) in [4.78, 5) is 18.2. The van der Waals surface area contributed by atoms with Crippen molar-refractivity contribution in [2.45, 2.75) is 4.90 Å². The second-order valence-corrected chi connectivity index (χ2v) is 3.45. The van der Waals surface area contributed by atoms with E-state index in [1.165, 1.54) is 6.08 Å². The Labute approximate surface area is 91.1 Å². The molecule has 1 aromatic carbocycles. The molecule has 2 rings (SSSR count). The zero-order chi connectivity index (χ0) is 10.8. The molecule has 0 bridgehead atoms. The van der Waals surface area contributed by atoms with Crippen molar-refractivity contribution < 1.29 is 9.90 Å². The zero-order valence-electron chi connectivity index (χ0n) is 7.64. The summed E-state index contributed by atoms with van der Waals surface area (Å²) in [6, 6.07) is 3.58. The summed E-state index contributed by atoms with van der Waals surface area (Å²) in [6.07, 6.45) is 4.16. The molecule has 0 saturated heterocycles. The van der Waals surface area contributed by atoms with Gasteiger partial charge in [0, 0.05) is 16.5 Å². The van der Waals surface area contributed by atoms with Gasteiger partial charge in [0.1, 0.15) is 0 Å². The Morgan fingerprint density at radius 2 is 2.33 bits per heavy atom. The third-order valence-corrected chi connectivity index (χ3v) is 2.37. The zero-order valence-corrected chi connectivity index (χ0v) is 8.53. The number of hydrogen-bond donors (Lipinski definition) is 3. The minimum absolute atomic E-state index is 0.722. The van der Waals surface area contributed by atoms with E-state index in [2.05, 4.69) is 22.6 Å². The average Bonchev–Trinajstić information content (AvgIpc) is 2.66. The van der Waals surface area contributed by atoms with Crippen LogP contribution in [-0.2, 0) is 4.79 Å². The maximum absolute atomic E-state index is 10.4. The third-order valence-electron chi connectivity index (χ3n) is 2.00. The Hall–Kier alpha value is -1.75. The fourth-order valence-corrected chi connectivity index (χ4v) is 1.58. The quantitative estimate of drug-likeness (QED) is 0.535. The van der Waals surface area contributed by atoms with Gasteiger partial charge in [-0.05, 0) is 12.1 Å². The number of aromatic nitrogens is 2. The second-order valence-electron chi connectivity index (χ2n) is 2.97. The maximum atomic E-state index is 10.4. The molecule has 2 aromatic rings. The second kappa shape index (κ2) is 3.78. The molecule has 2 N–H and O–H groups in total. The number of hydrogen-bond acceptors (Lipinski definition) is 3. The van der Waals surface area contributed by atoms with Gasteiger partial charge in [0.05, 0.1) is 17.4 Å². The first-order valence-corrected chi connectivity index (χ1v) is 4.69. The Balaban J connectivity index is 2.57. The van der Waals surface area contributed by atoms with Crippen LogP contribution in [0.5, 0.6) is 0 Å². The molecule has 1 heterocycles. The van der Waals surface area contributed by atoms with Crippen LogP contribution in [0.3, 0.4) is 0 Å². The number of aliphatic carboxylic acids is 1. The number of nitrogens with one attached hydrogen (secondary N) is 1. The van der Waals surface area contributed by atoms with Crippen LogP contribution in [-0.4, -0.2) is 21.0 Å². The van der Waals surface area contributed by atoms with Crippen LogP contribution in [0.1, 0.15) is 5.56 Å². The van der Waals surface area contributed by atoms with Crippen LogP contribution >= 0.6 is 12.6 Å². The van der Waals surface area contributed by atoms with Crippen LogP contribution in [0.2, 0.25) is 0 Å². The molecule has 15 heavy (non-hydrogen) atoms. The van der Waals surface area contributed by atoms with Crippen molar-refractivity contribution in [3.63, 3.8) is 0 Å². The molecule has 5 heteroatoms. The lowest BCUT2D eigenvalue weighted by Gasteiger charge is -1.97. The number of nitrogens with zero attached hydrogens (tertiary/aromatic N) is 1. The molecule has 0 spiro atoms. The number of thiol groups is 1. The summed E-state index contributed by atoms with van der Waals surface area (Å²) in [6.45, 7) is 0. The summed E-state index contributed by atoms with van der Waals surface area (Å²) < 4.78 is 0. The maximum Gasteiger partial charge on any atom is 0.328 e. The lowest BCUT2D eigenvalue weighted by atomic mass is 10.1. The molecule has 0 amide bonds. The fraction of sp³-hybridized carbons (Fsp3) is 0. The first-order valence-electron chi connectivity index (χ1n) is 4.24. The molecule has 0 fully saturated rings. The smallest absolute Gasteiger partial charge is 0.328 e. The molecule has 0 aliphatic rings. The van der Waals surface area contributed by atoms with Crippen LogP contribution in [0.4, 0.5) is 0 Å². The van der Waals surface area contributed by atoms with Crippen LogP contribution in [0.25, 0.3) is 17.1 Å². The Morgan fingerprint density at radius 3 is 3.07 bits per heavy atom. The highest BCUT2D eigenvalue weighted by Gasteiger charge is 2.04. The van der Waals surface area contributed by atoms with E-state index >= 15 is 0 Å². The van der Waals surface area contributed by atoms with E-state index in [0.29, 0.717) is 0 Å². The molecule has 0 saturated carbocycles. The molecule has 4 nitrogen and oxygen atoms in total. The summed E-state index contributed by atoms with van der Waals surface area (Å²) >= 11 is 4.26. The predicted molar refractivity (Wildman–Crippen MR) is 60.0 cm³/mol. The number of H-pyrrole nitrogens is 1. The topological polar surface area (TPSA) is 66.0 Å². The van der Waals surface area contributed by atoms with Crippen molar-refractivity contribution in [1.29, 1.82) is 0 Å². The van der Waals surface area contributed by atoms with E-state index in [9.17, 15) is 4.79 Å². The standard InChI is InChI=1S/C10H8N2O2S/c13-8(14)4-2-6-1-3-7(15)10-9(6)11-5-12-10/h1-5,15H,(H,11,12)(H,13,14). The Kier molecular flexibility index (Phi) is 2.47. The van der Waals surface area contributed by atoms with Gasteiger partial charge in [0.15, 0.2) is 0 Å². The van der Waals surface area contributed by atoms with E-state index < -0.39 is 5.97 Å². The number of aromatic amines is 1. The molecule has 0 radical (unpaired) electrons. The number of carbonyl (C=O) groups is 1. The van der Waals surface area contributed by atoms with Crippen LogP contribution in [0.15, 0.2) is 29.4 Å². The molecule has 0 unspecified atom stereocenters. The van der Waals surface area contributed by atoms with E-state index in [-0.39, 0.29) is 0 Å².